The van der Waals surface area contributed by atoms with Crippen LogP contribution < -0.4 is 14.4 Å². The highest BCUT2D eigenvalue weighted by molar-refractivity contribution is 5.90. The number of nitrogens with zero attached hydrogens (tertiary/aromatic N) is 2. The Hall–Kier alpha value is -2.86. The highest BCUT2D eigenvalue weighted by Crippen LogP contribution is 2.46. The van der Waals surface area contributed by atoms with Gasteiger partial charge >= 0.3 is 12.1 Å². The zero-order chi connectivity index (χ0) is 26.4. The van der Waals surface area contributed by atoms with Crippen LogP contribution in [0.25, 0.3) is 0 Å². The molecule has 0 spiro atoms. The minimum absolute atomic E-state index is 0.00293. The fraction of sp³-hybridized carbons (Fsp3) is 0.615. The number of anilines is 1. The Labute approximate surface area is 216 Å². The first-order chi connectivity index (χ1) is 17.9. The van der Waals surface area contributed by atoms with Crippen LogP contribution in [-0.2, 0) is 19.0 Å². The van der Waals surface area contributed by atoms with Crippen LogP contribution in [0.1, 0.15) is 56.7 Å². The fourth-order valence-corrected chi connectivity index (χ4v) is 5.10. The number of carboxylic acid groups (broad SMARTS) is 1. The second-order valence-corrected chi connectivity index (χ2v) is 9.29. The number of aliphatic hydroxyl groups excluding tert-OH is 1. The number of methoxy groups -OCH3 is 1. The first-order valence-corrected chi connectivity index (χ1v) is 12.8. The van der Waals surface area contributed by atoms with Crippen LogP contribution >= 0.6 is 0 Å². The normalized spacial score (nSPS) is 25.5. The molecule has 204 valence electrons. The van der Waals surface area contributed by atoms with E-state index in [1.165, 1.54) is 18.1 Å². The van der Waals surface area contributed by atoms with E-state index in [2.05, 4.69) is 6.58 Å². The molecule has 1 amide bonds. The maximum Gasteiger partial charge on any atom is 0.416 e. The molecular formula is C26H36N2O9. The number of hydrogen-bond donors (Lipinski definition) is 2. The number of fused-ring (bicyclic) bond motifs is 2. The summed E-state index contributed by atoms with van der Waals surface area (Å²) in [6.45, 7) is 4.98. The lowest BCUT2D eigenvalue weighted by atomic mass is 10.1. The quantitative estimate of drug-likeness (QED) is 0.350. The molecule has 37 heavy (non-hydrogen) atoms. The van der Waals surface area contributed by atoms with Gasteiger partial charge in [-0.25, -0.2) is 9.69 Å². The summed E-state index contributed by atoms with van der Waals surface area (Å²) in [6.07, 6.45) is 2.96. The minimum atomic E-state index is -1.02. The number of carbonyl (C=O) groups is 2. The lowest BCUT2D eigenvalue weighted by molar-refractivity contribution is -0.201. The molecule has 1 aromatic rings. The number of aliphatic hydroxyl groups is 1. The molecule has 3 aliphatic heterocycles. The standard InChI is InChI=1S/C26H36N2O9/c1-3-12-36-26(32)28-19-16-21(34-14-7-9-22(29)30)20(33-2)15-17(19)24(31)27-11-6-8-18(27)25(28)37-23-10-4-5-13-35-23/h3,15-16,18,23-25,31H,1,4-14H2,2H3,(H,29,30)/t18-,23?,24?,25?/m0/s1. The van der Waals surface area contributed by atoms with Crippen LogP contribution in [0.4, 0.5) is 10.5 Å². The molecule has 11 nitrogen and oxygen atoms in total. The maximum atomic E-state index is 13.5. The van der Waals surface area contributed by atoms with E-state index in [1.807, 2.05) is 4.90 Å². The number of ether oxygens (including phenoxy) is 5. The molecule has 2 N–H and O–H groups in total. The van der Waals surface area contributed by atoms with E-state index in [1.54, 1.807) is 12.1 Å². The van der Waals surface area contributed by atoms with E-state index in [-0.39, 0.29) is 25.7 Å². The molecule has 0 saturated carbocycles. The molecule has 0 aliphatic carbocycles. The van der Waals surface area contributed by atoms with Gasteiger partial charge in [-0.05, 0) is 44.6 Å². The van der Waals surface area contributed by atoms with Gasteiger partial charge in [-0.2, -0.15) is 0 Å². The summed E-state index contributed by atoms with van der Waals surface area (Å²) < 4.78 is 29.2. The molecule has 0 aromatic heterocycles. The lowest BCUT2D eigenvalue weighted by Crippen LogP contribution is -2.53. The van der Waals surface area contributed by atoms with Crippen LogP contribution in [0, 0.1) is 0 Å². The predicted molar refractivity (Wildman–Crippen MR) is 133 cm³/mol. The molecule has 3 unspecified atom stereocenters. The smallest absolute Gasteiger partial charge is 0.416 e. The number of carbonyl (C=O) groups excluding carboxylic acids is 1. The summed E-state index contributed by atoms with van der Waals surface area (Å²) in [4.78, 5) is 27.8. The van der Waals surface area contributed by atoms with Crippen molar-refractivity contribution in [2.75, 3.05) is 38.4 Å². The molecule has 4 atom stereocenters. The average Bonchev–Trinajstić information content (AvgIpc) is 3.36. The molecule has 0 bridgehead atoms. The van der Waals surface area contributed by atoms with Crippen molar-refractivity contribution in [1.29, 1.82) is 0 Å². The molecule has 0 radical (unpaired) electrons. The number of rotatable bonds is 10. The van der Waals surface area contributed by atoms with Crippen molar-refractivity contribution in [2.45, 2.75) is 69.7 Å². The summed E-state index contributed by atoms with van der Waals surface area (Å²) in [5.41, 5.74) is 0.818. The third-order valence-corrected chi connectivity index (χ3v) is 6.83. The number of hydrogen-bond acceptors (Lipinski definition) is 9. The van der Waals surface area contributed by atoms with Gasteiger partial charge in [0.05, 0.1) is 25.4 Å². The van der Waals surface area contributed by atoms with Gasteiger partial charge in [0.2, 0.25) is 0 Å². The van der Waals surface area contributed by atoms with E-state index in [4.69, 9.17) is 28.8 Å². The van der Waals surface area contributed by atoms with Crippen molar-refractivity contribution in [3.8, 4) is 11.5 Å². The number of benzene rings is 1. The van der Waals surface area contributed by atoms with Crippen LogP contribution in [0.3, 0.4) is 0 Å². The molecular weight excluding hydrogens is 484 g/mol. The van der Waals surface area contributed by atoms with Crippen LogP contribution in [-0.4, -0.2) is 79.2 Å². The Morgan fingerprint density at radius 1 is 1.22 bits per heavy atom. The topological polar surface area (TPSA) is 127 Å². The van der Waals surface area contributed by atoms with Gasteiger partial charge in [0.1, 0.15) is 12.8 Å². The molecule has 11 heteroatoms. The highest BCUT2D eigenvalue weighted by Gasteiger charge is 2.48. The van der Waals surface area contributed by atoms with E-state index in [9.17, 15) is 14.7 Å². The number of amides is 1. The molecule has 2 fully saturated rings. The van der Waals surface area contributed by atoms with Crippen molar-refractivity contribution >= 4 is 17.7 Å². The summed E-state index contributed by atoms with van der Waals surface area (Å²) in [5.74, 6) is -0.240. The van der Waals surface area contributed by atoms with Crippen LogP contribution in [0.15, 0.2) is 24.8 Å². The molecule has 3 heterocycles. The van der Waals surface area contributed by atoms with Crippen LogP contribution in [0.5, 0.6) is 11.5 Å². The Morgan fingerprint density at radius 3 is 2.76 bits per heavy atom. The van der Waals surface area contributed by atoms with E-state index >= 15 is 0 Å². The van der Waals surface area contributed by atoms with Crippen molar-refractivity contribution < 1.29 is 43.5 Å². The largest absolute Gasteiger partial charge is 0.493 e. The Balaban J connectivity index is 1.76. The molecule has 4 rings (SSSR count). The summed E-state index contributed by atoms with van der Waals surface area (Å²) in [5, 5.41) is 20.4. The van der Waals surface area contributed by atoms with Gasteiger partial charge in [-0.3, -0.25) is 9.69 Å². The van der Waals surface area contributed by atoms with Crippen molar-refractivity contribution in [3.05, 3.63) is 30.4 Å². The maximum absolute atomic E-state index is 13.5. The van der Waals surface area contributed by atoms with Crippen molar-refractivity contribution in [3.63, 3.8) is 0 Å². The zero-order valence-electron chi connectivity index (χ0n) is 21.2. The SMILES string of the molecule is C=CCOC(=O)N1c2cc(OCCCC(=O)O)c(OC)cc2C(O)N2CCC[C@H]2C1OC1CCCCO1. The summed E-state index contributed by atoms with van der Waals surface area (Å²) in [7, 11) is 1.48. The van der Waals surface area contributed by atoms with E-state index in [0.29, 0.717) is 55.2 Å². The zero-order valence-corrected chi connectivity index (χ0v) is 21.2. The van der Waals surface area contributed by atoms with Gasteiger partial charge in [-0.1, -0.05) is 12.7 Å². The lowest BCUT2D eigenvalue weighted by Gasteiger charge is -2.38. The average molecular weight is 521 g/mol. The predicted octanol–water partition coefficient (Wildman–Crippen LogP) is 3.41. The van der Waals surface area contributed by atoms with Crippen LogP contribution in [0.2, 0.25) is 0 Å². The van der Waals surface area contributed by atoms with Gasteiger partial charge in [0, 0.05) is 31.2 Å². The Kier molecular flexibility index (Phi) is 9.25. The molecule has 2 saturated heterocycles. The fourth-order valence-electron chi connectivity index (χ4n) is 5.10. The monoisotopic (exact) mass is 520 g/mol. The van der Waals surface area contributed by atoms with Crippen molar-refractivity contribution in [2.24, 2.45) is 0 Å². The van der Waals surface area contributed by atoms with Gasteiger partial charge in [0.25, 0.3) is 0 Å². The van der Waals surface area contributed by atoms with Gasteiger partial charge < -0.3 is 33.9 Å². The number of carboxylic acids is 1. The Morgan fingerprint density at radius 2 is 2.05 bits per heavy atom. The first kappa shape index (κ1) is 27.2. The van der Waals surface area contributed by atoms with Crippen molar-refractivity contribution in [1.82, 2.24) is 4.90 Å². The van der Waals surface area contributed by atoms with E-state index in [0.717, 1.165) is 19.3 Å². The van der Waals surface area contributed by atoms with Gasteiger partial charge in [0.15, 0.2) is 24.0 Å². The van der Waals surface area contributed by atoms with Gasteiger partial charge in [-0.15, -0.1) is 0 Å². The third kappa shape index (κ3) is 6.18. The molecule has 3 aliphatic rings. The summed E-state index contributed by atoms with van der Waals surface area (Å²) in [6, 6.07) is 2.97. The Bertz CT molecular complexity index is 966. The third-order valence-electron chi connectivity index (χ3n) is 6.83. The summed E-state index contributed by atoms with van der Waals surface area (Å²) >= 11 is 0. The molecule has 1 aromatic carbocycles. The highest BCUT2D eigenvalue weighted by atomic mass is 16.7. The minimum Gasteiger partial charge on any atom is -0.493 e. The second-order valence-electron chi connectivity index (χ2n) is 9.29. The number of aliphatic carboxylic acids is 1. The second kappa shape index (κ2) is 12.6. The first-order valence-electron chi connectivity index (χ1n) is 12.8. The van der Waals surface area contributed by atoms with E-state index < -0.39 is 30.8 Å².